The van der Waals surface area contributed by atoms with Gasteiger partial charge in [0.25, 0.3) is 5.91 Å². The Morgan fingerprint density at radius 3 is 2.56 bits per heavy atom. The average molecular weight is 352 g/mol. The maximum absolute atomic E-state index is 12.4. The van der Waals surface area contributed by atoms with E-state index in [9.17, 15) is 4.79 Å². The predicted molar refractivity (Wildman–Crippen MR) is 102 cm³/mol. The number of anilines is 1. The van der Waals surface area contributed by atoms with E-state index in [1.54, 1.807) is 12.5 Å². The topological polar surface area (TPSA) is 51.2 Å². The molecule has 0 atom stereocenters. The molecule has 0 fully saturated rings. The van der Waals surface area contributed by atoms with Crippen molar-refractivity contribution in [3.05, 3.63) is 75.2 Å². The standard InChI is InChI=1S/C20H20N2O2S/c1-13-4-7-16(10-14(13)2)21-20(23)18-12-25-19(22-18)11-15-5-8-17(24-3)9-6-15/h4-10,12H,11H2,1-3H3,(H,21,23). The molecule has 2 aromatic carbocycles. The van der Waals surface area contributed by atoms with Gasteiger partial charge in [-0.05, 0) is 54.8 Å². The molecule has 25 heavy (non-hydrogen) atoms. The van der Waals surface area contributed by atoms with E-state index in [0.717, 1.165) is 27.6 Å². The first kappa shape index (κ1) is 17.2. The summed E-state index contributed by atoms with van der Waals surface area (Å²) in [6, 6.07) is 13.8. The van der Waals surface area contributed by atoms with Gasteiger partial charge in [-0.1, -0.05) is 18.2 Å². The van der Waals surface area contributed by atoms with Crippen LogP contribution < -0.4 is 10.1 Å². The van der Waals surface area contributed by atoms with Gasteiger partial charge in [0.1, 0.15) is 11.4 Å². The number of aromatic nitrogens is 1. The van der Waals surface area contributed by atoms with Crippen LogP contribution in [0.1, 0.15) is 32.2 Å². The second-order valence-corrected chi connectivity index (χ2v) is 6.85. The largest absolute Gasteiger partial charge is 0.497 e. The summed E-state index contributed by atoms with van der Waals surface area (Å²) in [4.78, 5) is 16.8. The number of ether oxygens (including phenoxy) is 1. The summed E-state index contributed by atoms with van der Waals surface area (Å²) in [5.41, 5.74) is 4.73. The molecule has 0 unspecified atom stereocenters. The number of hydrogen-bond acceptors (Lipinski definition) is 4. The summed E-state index contributed by atoms with van der Waals surface area (Å²) in [6.45, 7) is 4.08. The van der Waals surface area contributed by atoms with Crippen LogP contribution in [0, 0.1) is 13.8 Å². The van der Waals surface area contributed by atoms with Gasteiger partial charge in [0.15, 0.2) is 0 Å². The van der Waals surface area contributed by atoms with Crippen molar-refractivity contribution in [3.8, 4) is 5.75 Å². The molecule has 0 aliphatic heterocycles. The van der Waals surface area contributed by atoms with Crippen LogP contribution in [0.15, 0.2) is 47.8 Å². The number of methoxy groups -OCH3 is 1. The van der Waals surface area contributed by atoms with Gasteiger partial charge in [0.2, 0.25) is 0 Å². The van der Waals surface area contributed by atoms with Crippen molar-refractivity contribution < 1.29 is 9.53 Å². The van der Waals surface area contributed by atoms with Gasteiger partial charge in [0.05, 0.1) is 12.1 Å². The lowest BCUT2D eigenvalue weighted by molar-refractivity contribution is 0.102. The van der Waals surface area contributed by atoms with Crippen LogP contribution in [0.25, 0.3) is 0 Å². The number of nitrogens with one attached hydrogen (secondary N) is 1. The number of carbonyl (C=O) groups excluding carboxylic acids is 1. The molecule has 4 nitrogen and oxygen atoms in total. The van der Waals surface area contributed by atoms with E-state index in [0.29, 0.717) is 12.1 Å². The quantitative estimate of drug-likeness (QED) is 0.729. The molecule has 1 amide bonds. The van der Waals surface area contributed by atoms with E-state index in [4.69, 9.17) is 4.74 Å². The third-order valence-electron chi connectivity index (χ3n) is 4.06. The Kier molecular flexibility index (Phi) is 5.14. The lowest BCUT2D eigenvalue weighted by atomic mass is 10.1. The van der Waals surface area contributed by atoms with Gasteiger partial charge in [-0.25, -0.2) is 4.98 Å². The van der Waals surface area contributed by atoms with Gasteiger partial charge < -0.3 is 10.1 Å². The normalized spacial score (nSPS) is 10.5. The number of hydrogen-bond donors (Lipinski definition) is 1. The monoisotopic (exact) mass is 352 g/mol. The van der Waals surface area contributed by atoms with Crippen molar-refractivity contribution in [2.24, 2.45) is 0 Å². The summed E-state index contributed by atoms with van der Waals surface area (Å²) >= 11 is 1.50. The first-order chi connectivity index (χ1) is 12.0. The molecule has 0 spiro atoms. The zero-order chi connectivity index (χ0) is 17.8. The zero-order valence-electron chi connectivity index (χ0n) is 14.5. The van der Waals surface area contributed by atoms with Crippen molar-refractivity contribution in [2.45, 2.75) is 20.3 Å². The third kappa shape index (κ3) is 4.25. The smallest absolute Gasteiger partial charge is 0.275 e. The van der Waals surface area contributed by atoms with Gasteiger partial charge >= 0.3 is 0 Å². The second kappa shape index (κ2) is 7.49. The molecular weight excluding hydrogens is 332 g/mol. The van der Waals surface area contributed by atoms with Crippen LogP contribution >= 0.6 is 11.3 Å². The van der Waals surface area contributed by atoms with Gasteiger partial charge in [0, 0.05) is 17.5 Å². The van der Waals surface area contributed by atoms with E-state index in [-0.39, 0.29) is 5.91 Å². The van der Waals surface area contributed by atoms with E-state index < -0.39 is 0 Å². The van der Waals surface area contributed by atoms with Crippen LogP contribution in [0.3, 0.4) is 0 Å². The predicted octanol–water partition coefficient (Wildman–Crippen LogP) is 4.61. The lowest BCUT2D eigenvalue weighted by Crippen LogP contribution is -2.12. The maximum atomic E-state index is 12.4. The molecule has 0 saturated heterocycles. The van der Waals surface area contributed by atoms with Crippen LogP contribution in [-0.4, -0.2) is 18.0 Å². The molecule has 128 valence electrons. The zero-order valence-corrected chi connectivity index (χ0v) is 15.3. The number of aryl methyl sites for hydroxylation is 2. The summed E-state index contributed by atoms with van der Waals surface area (Å²) < 4.78 is 5.16. The van der Waals surface area contributed by atoms with E-state index >= 15 is 0 Å². The maximum Gasteiger partial charge on any atom is 0.275 e. The fourth-order valence-electron chi connectivity index (χ4n) is 2.43. The molecule has 1 aromatic heterocycles. The minimum Gasteiger partial charge on any atom is -0.497 e. The second-order valence-electron chi connectivity index (χ2n) is 5.90. The molecule has 5 heteroatoms. The molecule has 0 aliphatic carbocycles. The fourth-order valence-corrected chi connectivity index (χ4v) is 3.24. The van der Waals surface area contributed by atoms with E-state index in [1.165, 1.54) is 16.9 Å². The summed E-state index contributed by atoms with van der Waals surface area (Å²) in [5, 5.41) is 5.62. The summed E-state index contributed by atoms with van der Waals surface area (Å²) in [7, 11) is 1.65. The Bertz CT molecular complexity index is 885. The Morgan fingerprint density at radius 1 is 1.12 bits per heavy atom. The fraction of sp³-hybridized carbons (Fsp3) is 0.200. The molecule has 3 rings (SSSR count). The Morgan fingerprint density at radius 2 is 1.88 bits per heavy atom. The first-order valence-corrected chi connectivity index (χ1v) is 8.89. The van der Waals surface area contributed by atoms with Crippen LogP contribution in [0.2, 0.25) is 0 Å². The Balaban J connectivity index is 1.67. The molecule has 0 radical (unpaired) electrons. The van der Waals surface area contributed by atoms with Crippen LogP contribution in [0.4, 0.5) is 5.69 Å². The highest BCUT2D eigenvalue weighted by Crippen LogP contribution is 2.19. The molecular formula is C20H20N2O2S. The molecule has 1 heterocycles. The van der Waals surface area contributed by atoms with Crippen molar-refractivity contribution >= 4 is 22.9 Å². The van der Waals surface area contributed by atoms with Crippen molar-refractivity contribution in [2.75, 3.05) is 12.4 Å². The first-order valence-electron chi connectivity index (χ1n) is 8.01. The number of amides is 1. The van der Waals surface area contributed by atoms with Crippen molar-refractivity contribution in [1.29, 1.82) is 0 Å². The minimum atomic E-state index is -0.180. The number of thiazole rings is 1. The van der Waals surface area contributed by atoms with E-state index in [1.807, 2.05) is 56.3 Å². The summed E-state index contributed by atoms with van der Waals surface area (Å²) in [5.74, 6) is 0.650. The Hall–Kier alpha value is -2.66. The molecule has 0 saturated carbocycles. The number of nitrogens with zero attached hydrogens (tertiary/aromatic N) is 1. The van der Waals surface area contributed by atoms with Crippen molar-refractivity contribution in [3.63, 3.8) is 0 Å². The lowest BCUT2D eigenvalue weighted by Gasteiger charge is -2.06. The van der Waals surface area contributed by atoms with Crippen LogP contribution in [0.5, 0.6) is 5.75 Å². The molecule has 1 N–H and O–H groups in total. The minimum absolute atomic E-state index is 0.180. The van der Waals surface area contributed by atoms with Gasteiger partial charge in [-0.2, -0.15) is 0 Å². The highest BCUT2D eigenvalue weighted by atomic mass is 32.1. The molecule has 0 aliphatic rings. The van der Waals surface area contributed by atoms with Gasteiger partial charge in [-0.3, -0.25) is 4.79 Å². The van der Waals surface area contributed by atoms with Crippen LogP contribution in [-0.2, 0) is 6.42 Å². The van der Waals surface area contributed by atoms with Gasteiger partial charge in [-0.15, -0.1) is 11.3 Å². The average Bonchev–Trinajstić information content (AvgIpc) is 3.07. The third-order valence-corrected chi connectivity index (χ3v) is 4.91. The van der Waals surface area contributed by atoms with E-state index in [2.05, 4.69) is 10.3 Å². The SMILES string of the molecule is COc1ccc(Cc2nc(C(=O)Nc3ccc(C)c(C)c3)cs2)cc1. The molecule has 0 bridgehead atoms. The highest BCUT2D eigenvalue weighted by Gasteiger charge is 2.12. The number of benzene rings is 2. The number of carbonyl (C=O) groups is 1. The number of rotatable bonds is 5. The van der Waals surface area contributed by atoms with Crippen molar-refractivity contribution in [1.82, 2.24) is 4.98 Å². The Labute approximate surface area is 151 Å². The molecule has 3 aromatic rings. The highest BCUT2D eigenvalue weighted by molar-refractivity contribution is 7.09. The summed E-state index contributed by atoms with van der Waals surface area (Å²) in [6.07, 6.45) is 0.700.